The average molecular weight is 259 g/mol. The van der Waals surface area contributed by atoms with Gasteiger partial charge in [-0.25, -0.2) is 23.1 Å². The van der Waals surface area contributed by atoms with Crippen LogP contribution in [-0.4, -0.2) is 37.4 Å². The normalized spacial score (nSPS) is 11.1. The molecule has 0 aliphatic heterocycles. The Morgan fingerprint density at radius 3 is 2.53 bits per heavy atom. The number of carbonyl (C=O) groups is 1. The molecule has 8 nitrogen and oxygen atoms in total. The number of anilines is 1. The number of aromatic nitrogens is 2. The Labute approximate surface area is 98.7 Å². The minimum absolute atomic E-state index is 0.0207. The lowest BCUT2D eigenvalue weighted by atomic mass is 10.6. The van der Waals surface area contributed by atoms with E-state index in [0.717, 1.165) is 12.4 Å². The van der Waals surface area contributed by atoms with Gasteiger partial charge in [0.25, 0.3) is 0 Å². The minimum Gasteiger partial charge on any atom is -0.368 e. The van der Waals surface area contributed by atoms with E-state index in [9.17, 15) is 13.2 Å². The Morgan fingerprint density at radius 1 is 1.41 bits per heavy atom. The molecule has 0 unspecified atom stereocenters. The molecule has 0 fully saturated rings. The van der Waals surface area contributed by atoms with E-state index in [1.807, 2.05) is 0 Å². The first kappa shape index (κ1) is 13.3. The van der Waals surface area contributed by atoms with E-state index in [2.05, 4.69) is 20.0 Å². The fraction of sp³-hybridized carbons (Fsp3) is 0.375. The maximum absolute atomic E-state index is 11.6. The van der Waals surface area contributed by atoms with Crippen LogP contribution in [0.3, 0.4) is 0 Å². The topological polar surface area (TPSA) is 127 Å². The summed E-state index contributed by atoms with van der Waals surface area (Å²) >= 11 is 0. The second-order valence-electron chi connectivity index (χ2n) is 3.06. The second kappa shape index (κ2) is 5.55. The molecule has 1 aromatic heterocycles. The molecule has 0 saturated heterocycles. The molecule has 0 aliphatic carbocycles. The molecule has 17 heavy (non-hydrogen) atoms. The number of hydrogen-bond acceptors (Lipinski definition) is 6. The van der Waals surface area contributed by atoms with E-state index in [4.69, 9.17) is 5.73 Å². The van der Waals surface area contributed by atoms with E-state index in [0.29, 0.717) is 6.54 Å². The molecule has 94 valence electrons. The maximum Gasteiger partial charge on any atom is 0.244 e. The van der Waals surface area contributed by atoms with Crippen LogP contribution in [0.1, 0.15) is 6.92 Å². The number of nitrogens with two attached hydrogens (primary N) is 1. The number of nitrogens with one attached hydrogen (secondary N) is 2. The summed E-state index contributed by atoms with van der Waals surface area (Å²) in [5.41, 5.74) is 5.23. The monoisotopic (exact) mass is 259 g/mol. The molecule has 1 amide bonds. The van der Waals surface area contributed by atoms with E-state index >= 15 is 0 Å². The highest BCUT2D eigenvalue weighted by Crippen LogP contribution is 2.04. The number of rotatable bonds is 5. The number of nitrogen functional groups attached to an aromatic ring is 1. The lowest BCUT2D eigenvalue weighted by molar-refractivity contribution is -0.119. The molecule has 0 saturated carbocycles. The summed E-state index contributed by atoms with van der Waals surface area (Å²) in [7, 11) is -3.78. The molecule has 0 radical (unpaired) electrons. The summed E-state index contributed by atoms with van der Waals surface area (Å²) in [6, 6.07) is 0. The number of hydrogen-bond donors (Lipinski definition) is 3. The van der Waals surface area contributed by atoms with Gasteiger partial charge in [-0.05, 0) is 6.92 Å². The van der Waals surface area contributed by atoms with Crippen LogP contribution < -0.4 is 15.8 Å². The predicted molar refractivity (Wildman–Crippen MR) is 60.3 cm³/mol. The van der Waals surface area contributed by atoms with Gasteiger partial charge in [0.05, 0.1) is 18.9 Å². The molecule has 1 rings (SSSR count). The summed E-state index contributed by atoms with van der Waals surface area (Å²) in [5, 5.41) is 2.46. The van der Waals surface area contributed by atoms with E-state index in [-0.39, 0.29) is 17.4 Å². The van der Waals surface area contributed by atoms with Crippen LogP contribution in [0.5, 0.6) is 0 Å². The quantitative estimate of drug-likeness (QED) is 0.589. The average Bonchev–Trinajstić information content (AvgIpc) is 2.28. The van der Waals surface area contributed by atoms with Crippen LogP contribution in [0.4, 0.5) is 5.95 Å². The third-order valence-electron chi connectivity index (χ3n) is 1.76. The molecular weight excluding hydrogens is 246 g/mol. The molecule has 0 atom stereocenters. The van der Waals surface area contributed by atoms with Crippen molar-refractivity contribution >= 4 is 21.9 Å². The fourth-order valence-electron chi connectivity index (χ4n) is 0.969. The van der Waals surface area contributed by atoms with Crippen LogP contribution in [-0.2, 0) is 14.8 Å². The molecule has 0 bridgehead atoms. The van der Waals surface area contributed by atoms with Gasteiger partial charge in [0.1, 0.15) is 4.90 Å². The van der Waals surface area contributed by atoms with Gasteiger partial charge in [-0.1, -0.05) is 0 Å². The van der Waals surface area contributed by atoms with Crippen molar-refractivity contribution in [1.82, 2.24) is 20.0 Å². The predicted octanol–water partition coefficient (Wildman–Crippen LogP) is -1.53. The minimum atomic E-state index is -3.78. The summed E-state index contributed by atoms with van der Waals surface area (Å²) in [6.45, 7) is 1.84. The zero-order valence-electron chi connectivity index (χ0n) is 9.17. The highest BCUT2D eigenvalue weighted by atomic mass is 32.2. The van der Waals surface area contributed by atoms with Crippen molar-refractivity contribution in [3.63, 3.8) is 0 Å². The van der Waals surface area contributed by atoms with E-state index in [1.165, 1.54) is 0 Å². The molecule has 1 aromatic rings. The van der Waals surface area contributed by atoms with Crippen molar-refractivity contribution in [2.75, 3.05) is 18.8 Å². The first-order chi connectivity index (χ1) is 7.95. The third kappa shape index (κ3) is 3.96. The molecule has 1 heterocycles. The molecule has 9 heteroatoms. The van der Waals surface area contributed by atoms with Crippen molar-refractivity contribution in [3.05, 3.63) is 12.4 Å². The number of carbonyl (C=O) groups excluding carboxylic acids is 1. The zero-order chi connectivity index (χ0) is 12.9. The van der Waals surface area contributed by atoms with Crippen molar-refractivity contribution in [2.24, 2.45) is 0 Å². The van der Waals surface area contributed by atoms with Gasteiger partial charge in [-0.2, -0.15) is 0 Å². The summed E-state index contributed by atoms with van der Waals surface area (Å²) in [5.74, 6) is -0.430. The Hall–Kier alpha value is -1.74. The van der Waals surface area contributed by atoms with Crippen LogP contribution in [0.25, 0.3) is 0 Å². The zero-order valence-corrected chi connectivity index (χ0v) is 9.99. The highest BCUT2D eigenvalue weighted by molar-refractivity contribution is 7.89. The van der Waals surface area contributed by atoms with Gasteiger partial charge >= 0.3 is 0 Å². The van der Waals surface area contributed by atoms with Crippen molar-refractivity contribution in [3.8, 4) is 0 Å². The van der Waals surface area contributed by atoms with Gasteiger partial charge in [-0.15, -0.1) is 0 Å². The van der Waals surface area contributed by atoms with Crippen molar-refractivity contribution in [2.45, 2.75) is 11.8 Å². The maximum atomic E-state index is 11.6. The number of likely N-dealkylation sites (N-methyl/N-ethyl adjacent to an activating group) is 1. The van der Waals surface area contributed by atoms with Gasteiger partial charge < -0.3 is 11.1 Å². The molecule has 4 N–H and O–H groups in total. The van der Waals surface area contributed by atoms with Crippen LogP contribution in [0, 0.1) is 0 Å². The lowest BCUT2D eigenvalue weighted by Crippen LogP contribution is -2.36. The van der Waals surface area contributed by atoms with Crippen LogP contribution in [0.15, 0.2) is 17.3 Å². The fourth-order valence-corrected chi connectivity index (χ4v) is 1.84. The van der Waals surface area contributed by atoms with Crippen molar-refractivity contribution < 1.29 is 13.2 Å². The summed E-state index contributed by atoms with van der Waals surface area (Å²) in [4.78, 5) is 18.1. The van der Waals surface area contributed by atoms with E-state index in [1.54, 1.807) is 6.92 Å². The molecule has 0 aliphatic rings. The first-order valence-electron chi connectivity index (χ1n) is 4.79. The first-order valence-corrected chi connectivity index (χ1v) is 6.28. The van der Waals surface area contributed by atoms with Crippen molar-refractivity contribution in [1.29, 1.82) is 0 Å². The van der Waals surface area contributed by atoms with Gasteiger partial charge in [-0.3, -0.25) is 4.79 Å². The summed E-state index contributed by atoms with van der Waals surface area (Å²) in [6.07, 6.45) is 2.14. The molecule has 0 spiro atoms. The number of amides is 1. The number of nitrogens with zero attached hydrogens (tertiary/aromatic N) is 2. The molecule has 0 aromatic carbocycles. The molecular formula is C8H13N5O3S. The third-order valence-corrected chi connectivity index (χ3v) is 3.11. The standard InChI is InChI=1S/C8H13N5O3S/c1-2-10-7(14)5-13-17(15,16)6-3-11-8(9)12-4-6/h3-4,13H,2,5H2,1H3,(H,10,14)(H2,9,11,12). The number of sulfonamides is 1. The Kier molecular flexibility index (Phi) is 4.35. The Morgan fingerprint density at radius 2 is 2.00 bits per heavy atom. The Bertz CT molecular complexity index is 484. The largest absolute Gasteiger partial charge is 0.368 e. The second-order valence-corrected chi connectivity index (χ2v) is 4.82. The Balaban J connectivity index is 2.69. The van der Waals surface area contributed by atoms with Crippen LogP contribution >= 0.6 is 0 Å². The van der Waals surface area contributed by atoms with Gasteiger partial charge in [0, 0.05) is 6.54 Å². The lowest BCUT2D eigenvalue weighted by Gasteiger charge is -2.06. The summed E-state index contributed by atoms with van der Waals surface area (Å²) < 4.78 is 25.4. The van der Waals surface area contributed by atoms with Gasteiger partial charge in [0.2, 0.25) is 21.9 Å². The van der Waals surface area contributed by atoms with Gasteiger partial charge in [0.15, 0.2) is 0 Å². The SMILES string of the molecule is CCNC(=O)CNS(=O)(=O)c1cnc(N)nc1. The smallest absolute Gasteiger partial charge is 0.244 e. The van der Waals surface area contributed by atoms with E-state index < -0.39 is 15.9 Å². The highest BCUT2D eigenvalue weighted by Gasteiger charge is 2.15. The van der Waals surface area contributed by atoms with Crippen LogP contribution in [0.2, 0.25) is 0 Å².